The molecular weight excluding hydrogens is 372 g/mol. The number of amides is 2. The van der Waals surface area contributed by atoms with Crippen LogP contribution in [0.5, 0.6) is 0 Å². The minimum atomic E-state index is -3.58. The van der Waals surface area contributed by atoms with Crippen LogP contribution in [-0.4, -0.2) is 83.9 Å². The van der Waals surface area contributed by atoms with Crippen molar-refractivity contribution in [3.05, 3.63) is 24.3 Å². The molecule has 0 unspecified atom stereocenters. The molecule has 0 spiro atoms. The van der Waals surface area contributed by atoms with Gasteiger partial charge in [0, 0.05) is 40.0 Å². The van der Waals surface area contributed by atoms with Gasteiger partial charge in [-0.1, -0.05) is 6.07 Å². The van der Waals surface area contributed by atoms with Crippen LogP contribution in [0, 0.1) is 0 Å². The average molecular weight is 401 g/mol. The summed E-state index contributed by atoms with van der Waals surface area (Å²) in [6.07, 6.45) is 0.721. The molecule has 152 valence electrons. The molecule has 1 aromatic rings. The molecule has 2 N–H and O–H groups in total. The molecule has 0 aromatic heterocycles. The SMILES string of the molecule is COCCCNC(=O)CN(C)CC(=O)Nc1cccc(S(=O)(=O)N(C)C)c1. The van der Waals surface area contributed by atoms with Crippen LogP contribution in [0.1, 0.15) is 6.42 Å². The van der Waals surface area contributed by atoms with Crippen LogP contribution in [0.25, 0.3) is 0 Å². The van der Waals surface area contributed by atoms with Gasteiger partial charge in [-0.05, 0) is 31.7 Å². The van der Waals surface area contributed by atoms with E-state index in [1.807, 2.05) is 0 Å². The van der Waals surface area contributed by atoms with Gasteiger partial charge in [-0.25, -0.2) is 12.7 Å². The molecule has 0 atom stereocenters. The van der Waals surface area contributed by atoms with Gasteiger partial charge in [-0.3, -0.25) is 14.5 Å². The summed E-state index contributed by atoms with van der Waals surface area (Å²) in [6, 6.07) is 6.03. The van der Waals surface area contributed by atoms with Crippen LogP contribution in [0.4, 0.5) is 5.69 Å². The van der Waals surface area contributed by atoms with E-state index in [2.05, 4.69) is 10.6 Å². The first-order valence-electron chi connectivity index (χ1n) is 8.43. The van der Waals surface area contributed by atoms with Gasteiger partial charge in [0.25, 0.3) is 0 Å². The number of ether oxygens (including phenoxy) is 1. The normalized spacial score (nSPS) is 11.6. The second kappa shape index (κ2) is 11.0. The van der Waals surface area contributed by atoms with Gasteiger partial charge in [0.15, 0.2) is 0 Å². The molecule has 0 saturated heterocycles. The van der Waals surface area contributed by atoms with Gasteiger partial charge in [-0.2, -0.15) is 0 Å². The first kappa shape index (κ1) is 23.0. The van der Waals surface area contributed by atoms with Crippen LogP contribution in [0.15, 0.2) is 29.2 Å². The molecule has 1 aromatic carbocycles. The third kappa shape index (κ3) is 8.04. The van der Waals surface area contributed by atoms with Gasteiger partial charge in [0.2, 0.25) is 21.8 Å². The monoisotopic (exact) mass is 400 g/mol. The van der Waals surface area contributed by atoms with Crippen LogP contribution in [0.3, 0.4) is 0 Å². The highest BCUT2D eigenvalue weighted by molar-refractivity contribution is 7.89. The lowest BCUT2D eigenvalue weighted by Gasteiger charge is -2.16. The Balaban J connectivity index is 2.54. The molecule has 10 heteroatoms. The first-order chi connectivity index (χ1) is 12.7. The zero-order valence-electron chi connectivity index (χ0n) is 16.2. The smallest absolute Gasteiger partial charge is 0.242 e. The molecule has 0 radical (unpaired) electrons. The van der Waals surface area contributed by atoms with Crippen molar-refractivity contribution < 1.29 is 22.7 Å². The average Bonchev–Trinajstić information content (AvgIpc) is 2.58. The summed E-state index contributed by atoms with van der Waals surface area (Å²) in [7, 11) is 2.55. The number of benzene rings is 1. The Morgan fingerprint density at radius 1 is 1.11 bits per heavy atom. The molecule has 0 aliphatic heterocycles. The van der Waals surface area contributed by atoms with Crippen molar-refractivity contribution in [1.82, 2.24) is 14.5 Å². The summed E-state index contributed by atoms with van der Waals surface area (Å²) in [5.41, 5.74) is 0.375. The molecule has 27 heavy (non-hydrogen) atoms. The second-order valence-electron chi connectivity index (χ2n) is 6.23. The molecule has 0 saturated carbocycles. The van der Waals surface area contributed by atoms with Gasteiger partial charge >= 0.3 is 0 Å². The Hall–Kier alpha value is -2.01. The summed E-state index contributed by atoms with van der Waals surface area (Å²) in [4.78, 5) is 25.6. The summed E-state index contributed by atoms with van der Waals surface area (Å²) < 4.78 is 30.3. The minimum absolute atomic E-state index is 0.00382. The summed E-state index contributed by atoms with van der Waals surface area (Å²) >= 11 is 0. The Morgan fingerprint density at radius 2 is 1.78 bits per heavy atom. The third-order valence-corrected chi connectivity index (χ3v) is 5.38. The molecule has 0 heterocycles. The fourth-order valence-electron chi connectivity index (χ4n) is 2.19. The van der Waals surface area contributed by atoms with Crippen molar-refractivity contribution in [2.75, 3.05) is 59.8 Å². The van der Waals surface area contributed by atoms with Crippen molar-refractivity contribution in [3.63, 3.8) is 0 Å². The van der Waals surface area contributed by atoms with E-state index in [0.29, 0.717) is 18.8 Å². The van der Waals surface area contributed by atoms with Crippen LogP contribution >= 0.6 is 0 Å². The van der Waals surface area contributed by atoms with E-state index in [0.717, 1.165) is 10.7 Å². The quantitative estimate of drug-likeness (QED) is 0.505. The maximum absolute atomic E-state index is 12.1. The largest absolute Gasteiger partial charge is 0.385 e. The van der Waals surface area contributed by atoms with Crippen LogP contribution < -0.4 is 10.6 Å². The Kier molecular flexibility index (Phi) is 9.36. The number of hydrogen-bond donors (Lipinski definition) is 2. The topological polar surface area (TPSA) is 108 Å². The summed E-state index contributed by atoms with van der Waals surface area (Å²) in [5.74, 6) is -0.524. The highest BCUT2D eigenvalue weighted by atomic mass is 32.2. The van der Waals surface area contributed by atoms with E-state index in [1.54, 1.807) is 31.2 Å². The molecule has 0 aliphatic carbocycles. The zero-order chi connectivity index (χ0) is 20.4. The predicted molar refractivity (Wildman–Crippen MR) is 103 cm³/mol. The Labute approximate surface area is 160 Å². The minimum Gasteiger partial charge on any atom is -0.385 e. The lowest BCUT2D eigenvalue weighted by atomic mass is 10.3. The molecule has 9 nitrogen and oxygen atoms in total. The van der Waals surface area contributed by atoms with Crippen molar-refractivity contribution >= 4 is 27.5 Å². The summed E-state index contributed by atoms with van der Waals surface area (Å²) in [6.45, 7) is 1.16. The number of anilines is 1. The number of carbonyl (C=O) groups is 2. The number of nitrogens with one attached hydrogen (secondary N) is 2. The van der Waals surface area contributed by atoms with Gasteiger partial charge < -0.3 is 15.4 Å². The molecule has 0 aliphatic rings. The molecular formula is C17H28N4O5S. The van der Waals surface area contributed by atoms with Crippen LogP contribution in [0.2, 0.25) is 0 Å². The van der Waals surface area contributed by atoms with Crippen molar-refractivity contribution in [3.8, 4) is 0 Å². The van der Waals surface area contributed by atoms with E-state index in [9.17, 15) is 18.0 Å². The molecule has 0 bridgehead atoms. The number of sulfonamides is 1. The lowest BCUT2D eigenvalue weighted by Crippen LogP contribution is -2.39. The first-order valence-corrected chi connectivity index (χ1v) is 9.87. The van der Waals surface area contributed by atoms with E-state index >= 15 is 0 Å². The number of methoxy groups -OCH3 is 1. The van der Waals surface area contributed by atoms with E-state index in [4.69, 9.17) is 4.74 Å². The maximum Gasteiger partial charge on any atom is 0.242 e. The second-order valence-corrected chi connectivity index (χ2v) is 8.38. The van der Waals surface area contributed by atoms with Gasteiger partial charge in [0.05, 0.1) is 18.0 Å². The fraction of sp³-hybridized carbons (Fsp3) is 0.529. The Morgan fingerprint density at radius 3 is 2.41 bits per heavy atom. The zero-order valence-corrected chi connectivity index (χ0v) is 17.0. The van der Waals surface area contributed by atoms with E-state index in [-0.39, 0.29) is 29.8 Å². The van der Waals surface area contributed by atoms with Crippen molar-refractivity contribution in [2.45, 2.75) is 11.3 Å². The van der Waals surface area contributed by atoms with Crippen LogP contribution in [-0.2, 0) is 24.3 Å². The summed E-state index contributed by atoms with van der Waals surface area (Å²) in [5, 5.41) is 5.39. The number of rotatable bonds is 11. The highest BCUT2D eigenvalue weighted by Crippen LogP contribution is 2.17. The fourth-order valence-corrected chi connectivity index (χ4v) is 3.14. The van der Waals surface area contributed by atoms with E-state index in [1.165, 1.54) is 26.2 Å². The van der Waals surface area contributed by atoms with E-state index < -0.39 is 10.0 Å². The molecule has 2 amide bonds. The van der Waals surface area contributed by atoms with Gasteiger partial charge in [0.1, 0.15) is 0 Å². The maximum atomic E-state index is 12.1. The number of carbonyl (C=O) groups excluding carboxylic acids is 2. The number of likely N-dealkylation sites (N-methyl/N-ethyl adjacent to an activating group) is 1. The van der Waals surface area contributed by atoms with Crippen molar-refractivity contribution in [2.24, 2.45) is 0 Å². The third-order valence-electron chi connectivity index (χ3n) is 3.57. The number of nitrogens with zero attached hydrogens (tertiary/aromatic N) is 2. The predicted octanol–water partition coefficient (Wildman–Crippen LogP) is -0.0401. The number of hydrogen-bond acceptors (Lipinski definition) is 6. The Bertz CT molecular complexity index is 737. The lowest BCUT2D eigenvalue weighted by molar-refractivity contribution is -0.123. The molecule has 0 fully saturated rings. The van der Waals surface area contributed by atoms with Crippen molar-refractivity contribution in [1.29, 1.82) is 0 Å². The highest BCUT2D eigenvalue weighted by Gasteiger charge is 2.18. The molecule has 1 rings (SSSR count). The standard InChI is InChI=1S/C17H28N4O5S/c1-20(2)27(24,25)15-8-5-7-14(11-15)19-17(23)13-21(3)12-16(22)18-9-6-10-26-4/h5,7-8,11H,6,9-10,12-13H2,1-4H3,(H,18,22)(H,19,23). The van der Waals surface area contributed by atoms with Gasteiger partial charge in [-0.15, -0.1) is 0 Å².